The smallest absolute Gasteiger partial charge is 0.392 e. The van der Waals surface area contributed by atoms with Crippen LogP contribution in [0.2, 0.25) is 0 Å². The lowest BCUT2D eigenvalue weighted by Crippen LogP contribution is -2.06. The molecular weight excluding hydrogens is 281 g/mol. The third-order valence-corrected chi connectivity index (χ3v) is 3.51. The van der Waals surface area contributed by atoms with Gasteiger partial charge in [0.25, 0.3) is 0 Å². The number of hydrogen-bond acceptors (Lipinski definition) is 2. The van der Waals surface area contributed by atoms with Crippen LogP contribution in [0.15, 0.2) is 36.4 Å². The van der Waals surface area contributed by atoms with Gasteiger partial charge < -0.3 is 10.2 Å². The van der Waals surface area contributed by atoms with Crippen LogP contribution in [-0.2, 0) is 19.4 Å². The van der Waals surface area contributed by atoms with Crippen LogP contribution < -0.4 is 0 Å². The van der Waals surface area contributed by atoms with Crippen molar-refractivity contribution in [2.24, 2.45) is 0 Å². The van der Waals surface area contributed by atoms with E-state index in [1.165, 1.54) is 6.07 Å². The fraction of sp³-hybridized carbons (Fsp3) is 0.250. The molecule has 0 aromatic heterocycles. The monoisotopic (exact) mass is 296 g/mol. The number of alkyl halides is 3. The summed E-state index contributed by atoms with van der Waals surface area (Å²) in [6.45, 7) is 1.16. The Morgan fingerprint density at radius 2 is 1.57 bits per heavy atom. The van der Waals surface area contributed by atoms with Crippen molar-refractivity contribution in [1.82, 2.24) is 0 Å². The second kappa shape index (κ2) is 5.87. The molecule has 2 rings (SSSR count). The number of aliphatic hydroxyl groups excluding tert-OH is 2. The Balaban J connectivity index is 2.60. The molecule has 0 radical (unpaired) electrons. The third-order valence-electron chi connectivity index (χ3n) is 3.51. The van der Waals surface area contributed by atoms with Crippen molar-refractivity contribution in [2.75, 3.05) is 0 Å². The molecule has 2 nitrogen and oxygen atoms in total. The van der Waals surface area contributed by atoms with Crippen molar-refractivity contribution in [1.29, 1.82) is 0 Å². The predicted octanol–water partition coefficient (Wildman–Crippen LogP) is 3.67. The molecule has 0 aliphatic carbocycles. The Bertz CT molecular complexity index is 648. The van der Waals surface area contributed by atoms with E-state index in [1.807, 2.05) is 0 Å². The molecule has 0 aliphatic heterocycles. The zero-order chi connectivity index (χ0) is 15.6. The van der Waals surface area contributed by atoms with Gasteiger partial charge in [0.05, 0.1) is 18.8 Å². The van der Waals surface area contributed by atoms with E-state index in [0.29, 0.717) is 16.7 Å². The number of rotatable bonds is 3. The standard InChI is InChI=1S/C16H15F3O2/c1-10-11(8-20)3-2-4-14(10)15-6-5-13(16(17,18)19)7-12(15)9-21/h2-7,20-21H,8-9H2,1H3. The van der Waals surface area contributed by atoms with E-state index in [9.17, 15) is 23.4 Å². The van der Waals surface area contributed by atoms with Gasteiger partial charge in [-0.1, -0.05) is 24.3 Å². The molecule has 2 aromatic carbocycles. The topological polar surface area (TPSA) is 40.5 Å². The summed E-state index contributed by atoms with van der Waals surface area (Å²) < 4.78 is 38.2. The second-order valence-electron chi connectivity index (χ2n) is 4.78. The van der Waals surface area contributed by atoms with Gasteiger partial charge in [-0.2, -0.15) is 13.2 Å². The van der Waals surface area contributed by atoms with Crippen molar-refractivity contribution in [3.63, 3.8) is 0 Å². The van der Waals surface area contributed by atoms with Gasteiger partial charge in [-0.25, -0.2) is 0 Å². The second-order valence-corrected chi connectivity index (χ2v) is 4.78. The summed E-state index contributed by atoms with van der Waals surface area (Å²) in [7, 11) is 0. The first-order valence-corrected chi connectivity index (χ1v) is 6.39. The van der Waals surface area contributed by atoms with Crippen molar-refractivity contribution < 1.29 is 23.4 Å². The van der Waals surface area contributed by atoms with Crippen LogP contribution in [-0.4, -0.2) is 10.2 Å². The summed E-state index contributed by atoms with van der Waals surface area (Å²) in [5, 5.41) is 18.6. The fourth-order valence-electron chi connectivity index (χ4n) is 2.31. The first kappa shape index (κ1) is 15.5. The summed E-state index contributed by atoms with van der Waals surface area (Å²) >= 11 is 0. The van der Waals surface area contributed by atoms with Crippen LogP contribution in [0.25, 0.3) is 11.1 Å². The highest BCUT2D eigenvalue weighted by atomic mass is 19.4. The van der Waals surface area contributed by atoms with Crippen LogP contribution in [0, 0.1) is 6.92 Å². The number of halogens is 3. The van der Waals surface area contributed by atoms with E-state index < -0.39 is 18.3 Å². The first-order chi connectivity index (χ1) is 9.88. The third kappa shape index (κ3) is 3.09. The maximum Gasteiger partial charge on any atom is 0.416 e. The van der Waals surface area contributed by atoms with Gasteiger partial charge in [-0.15, -0.1) is 0 Å². The summed E-state index contributed by atoms with van der Waals surface area (Å²) in [4.78, 5) is 0. The minimum atomic E-state index is -4.44. The Morgan fingerprint density at radius 3 is 2.14 bits per heavy atom. The zero-order valence-electron chi connectivity index (χ0n) is 11.4. The molecule has 0 saturated carbocycles. The minimum absolute atomic E-state index is 0.144. The number of aliphatic hydroxyl groups is 2. The molecule has 0 unspecified atom stereocenters. The lowest BCUT2D eigenvalue weighted by Gasteiger charge is -2.15. The van der Waals surface area contributed by atoms with Crippen LogP contribution >= 0.6 is 0 Å². The Morgan fingerprint density at radius 1 is 0.905 bits per heavy atom. The van der Waals surface area contributed by atoms with Gasteiger partial charge in [-0.05, 0) is 46.9 Å². The van der Waals surface area contributed by atoms with E-state index in [2.05, 4.69) is 0 Å². The maximum absolute atomic E-state index is 12.7. The van der Waals surface area contributed by atoms with E-state index >= 15 is 0 Å². The van der Waals surface area contributed by atoms with Gasteiger partial charge >= 0.3 is 6.18 Å². The SMILES string of the molecule is Cc1c(CO)cccc1-c1ccc(C(F)(F)F)cc1CO. The van der Waals surface area contributed by atoms with E-state index in [4.69, 9.17) is 0 Å². The molecule has 0 bridgehead atoms. The predicted molar refractivity (Wildman–Crippen MR) is 73.5 cm³/mol. The number of hydrogen-bond donors (Lipinski definition) is 2. The van der Waals surface area contributed by atoms with Gasteiger partial charge in [0, 0.05) is 0 Å². The molecule has 5 heteroatoms. The van der Waals surface area contributed by atoms with Crippen molar-refractivity contribution in [3.05, 3.63) is 58.7 Å². The Kier molecular flexibility index (Phi) is 4.34. The van der Waals surface area contributed by atoms with Gasteiger partial charge in [0.1, 0.15) is 0 Å². The van der Waals surface area contributed by atoms with Crippen LogP contribution in [0.1, 0.15) is 22.3 Å². The molecular formula is C16H15F3O2. The number of benzene rings is 2. The van der Waals surface area contributed by atoms with Gasteiger partial charge in [0.15, 0.2) is 0 Å². The molecule has 0 amide bonds. The van der Waals surface area contributed by atoms with Crippen LogP contribution in [0.3, 0.4) is 0 Å². The molecule has 0 heterocycles. The van der Waals surface area contributed by atoms with E-state index in [-0.39, 0.29) is 12.2 Å². The largest absolute Gasteiger partial charge is 0.416 e. The highest BCUT2D eigenvalue weighted by molar-refractivity contribution is 5.72. The van der Waals surface area contributed by atoms with Crippen LogP contribution in [0.5, 0.6) is 0 Å². The molecule has 21 heavy (non-hydrogen) atoms. The summed E-state index contributed by atoms with van der Waals surface area (Å²) in [6.07, 6.45) is -4.44. The average molecular weight is 296 g/mol. The molecule has 0 saturated heterocycles. The van der Waals surface area contributed by atoms with Gasteiger partial charge in [-0.3, -0.25) is 0 Å². The van der Waals surface area contributed by atoms with Crippen molar-refractivity contribution in [2.45, 2.75) is 26.3 Å². The van der Waals surface area contributed by atoms with Crippen molar-refractivity contribution >= 4 is 0 Å². The van der Waals surface area contributed by atoms with Crippen molar-refractivity contribution in [3.8, 4) is 11.1 Å². The highest BCUT2D eigenvalue weighted by Crippen LogP contribution is 2.35. The Labute approximate surface area is 120 Å². The van der Waals surface area contributed by atoms with E-state index in [0.717, 1.165) is 17.7 Å². The first-order valence-electron chi connectivity index (χ1n) is 6.39. The lowest BCUT2D eigenvalue weighted by atomic mass is 9.92. The summed E-state index contributed by atoms with van der Waals surface area (Å²) in [5.74, 6) is 0. The highest BCUT2D eigenvalue weighted by Gasteiger charge is 2.31. The quantitative estimate of drug-likeness (QED) is 0.907. The fourth-order valence-corrected chi connectivity index (χ4v) is 2.31. The normalized spacial score (nSPS) is 11.7. The molecule has 0 spiro atoms. The average Bonchev–Trinajstić information content (AvgIpc) is 2.46. The molecule has 0 aliphatic rings. The zero-order valence-corrected chi connectivity index (χ0v) is 11.4. The maximum atomic E-state index is 12.7. The molecule has 2 N–H and O–H groups in total. The van der Waals surface area contributed by atoms with E-state index in [1.54, 1.807) is 25.1 Å². The molecule has 2 aromatic rings. The molecule has 112 valence electrons. The summed E-state index contributed by atoms with van der Waals surface area (Å²) in [6, 6.07) is 8.56. The Hall–Kier alpha value is -1.85. The summed E-state index contributed by atoms with van der Waals surface area (Å²) in [5.41, 5.74) is 2.16. The minimum Gasteiger partial charge on any atom is -0.392 e. The molecule has 0 fully saturated rings. The lowest BCUT2D eigenvalue weighted by molar-refractivity contribution is -0.137. The molecule has 0 atom stereocenters. The van der Waals surface area contributed by atoms with Gasteiger partial charge in [0.2, 0.25) is 0 Å². The van der Waals surface area contributed by atoms with Crippen LogP contribution in [0.4, 0.5) is 13.2 Å².